The van der Waals surface area contributed by atoms with Crippen LogP contribution in [-0.2, 0) is 33.1 Å². The van der Waals surface area contributed by atoms with E-state index >= 15 is 0 Å². The second-order valence-corrected chi connectivity index (χ2v) is 10.7. The van der Waals surface area contributed by atoms with Crippen LogP contribution in [0.4, 0.5) is 4.39 Å². The lowest BCUT2D eigenvalue weighted by molar-refractivity contribution is 0.270. The molecule has 0 heterocycles. The van der Waals surface area contributed by atoms with Gasteiger partial charge in [-0.1, -0.05) is 35.4 Å². The first-order valence-corrected chi connectivity index (χ1v) is 13.4. The van der Waals surface area contributed by atoms with E-state index in [1.165, 1.54) is 24.3 Å². The number of hydrogen-bond donors (Lipinski definition) is 2. The minimum absolute atomic E-state index is 0.0126. The molecule has 35 heavy (non-hydrogen) atoms. The molecule has 2 N–H and O–H groups in total. The van der Waals surface area contributed by atoms with Crippen LogP contribution >= 0.6 is 0 Å². The lowest BCUT2D eigenvalue weighted by Crippen LogP contribution is -2.10. The number of hydrogen-bond acceptors (Lipinski definition) is 6. The first-order chi connectivity index (χ1) is 16.3. The largest absolute Gasteiger partial charge is 0.489 e. The molecule has 0 unspecified atom stereocenters. The average Bonchev–Trinajstić information content (AvgIpc) is 2.73. The summed E-state index contributed by atoms with van der Waals surface area (Å²) in [6.07, 6.45) is 0.266. The fourth-order valence-electron chi connectivity index (χ4n) is 3.57. The fourth-order valence-corrected chi connectivity index (χ4v) is 5.03. The van der Waals surface area contributed by atoms with Crippen LogP contribution in [0.1, 0.15) is 22.3 Å². The fraction of sp³-hybridized carbons (Fsp3) is 0.250. The lowest BCUT2D eigenvalue weighted by Gasteiger charge is -2.15. The zero-order chi connectivity index (χ0) is 25.8. The van der Waals surface area contributed by atoms with Gasteiger partial charge in [0.05, 0.1) is 23.0 Å². The Balaban J connectivity index is 1.71. The molecule has 0 amide bonds. The van der Waals surface area contributed by atoms with Crippen molar-refractivity contribution < 1.29 is 39.8 Å². The van der Waals surface area contributed by atoms with Gasteiger partial charge in [0.1, 0.15) is 5.82 Å². The van der Waals surface area contributed by atoms with Crippen molar-refractivity contribution in [2.75, 3.05) is 13.2 Å². The highest BCUT2D eigenvalue weighted by Crippen LogP contribution is 2.29. The Hall–Kier alpha value is -2.99. The second-order valence-electron chi connectivity index (χ2n) is 7.96. The predicted molar refractivity (Wildman–Crippen MR) is 127 cm³/mol. The van der Waals surface area contributed by atoms with E-state index in [1.54, 1.807) is 38.1 Å². The summed E-state index contributed by atoms with van der Waals surface area (Å²) in [6.45, 7) is 3.54. The minimum Gasteiger partial charge on any atom is -0.489 e. The molecule has 0 aromatic heterocycles. The van der Waals surface area contributed by atoms with Crippen molar-refractivity contribution in [2.24, 2.45) is 0 Å². The minimum atomic E-state index is -4.42. The van der Waals surface area contributed by atoms with Gasteiger partial charge in [-0.25, -0.2) is 4.39 Å². The van der Waals surface area contributed by atoms with E-state index < -0.39 is 26.1 Å². The second kappa shape index (κ2) is 10.7. The van der Waals surface area contributed by atoms with Gasteiger partial charge >= 0.3 is 0 Å². The molecule has 3 aromatic rings. The highest BCUT2D eigenvalue weighted by atomic mass is 32.2. The van der Waals surface area contributed by atoms with Crippen molar-refractivity contribution in [1.82, 2.24) is 0 Å². The molecule has 11 heteroatoms. The first-order valence-electron chi connectivity index (χ1n) is 10.5. The maximum Gasteiger partial charge on any atom is 0.294 e. The van der Waals surface area contributed by atoms with E-state index in [2.05, 4.69) is 0 Å². The van der Waals surface area contributed by atoms with Crippen LogP contribution in [0, 0.1) is 19.7 Å². The summed E-state index contributed by atoms with van der Waals surface area (Å²) >= 11 is 0. The summed E-state index contributed by atoms with van der Waals surface area (Å²) in [4.78, 5) is -0.440. The summed E-state index contributed by atoms with van der Waals surface area (Å²) in [5, 5.41) is 0. The van der Waals surface area contributed by atoms with Gasteiger partial charge in [0.25, 0.3) is 20.2 Å². The van der Waals surface area contributed by atoms with Gasteiger partial charge in [-0.15, -0.1) is 0 Å². The summed E-state index contributed by atoms with van der Waals surface area (Å²) in [6, 6.07) is 12.7. The predicted octanol–water partition coefficient (Wildman–Crippen LogP) is 4.18. The number of halogens is 1. The normalized spacial score (nSPS) is 11.9. The third kappa shape index (κ3) is 7.25. The molecule has 8 nitrogen and oxygen atoms in total. The summed E-state index contributed by atoms with van der Waals surface area (Å²) in [7, 11) is -8.82. The van der Waals surface area contributed by atoms with Gasteiger partial charge in [0.15, 0.2) is 11.5 Å². The van der Waals surface area contributed by atoms with E-state index in [4.69, 9.17) is 9.47 Å². The zero-order valence-corrected chi connectivity index (χ0v) is 20.7. The topological polar surface area (TPSA) is 127 Å². The van der Waals surface area contributed by atoms with Gasteiger partial charge in [0.2, 0.25) is 0 Å². The zero-order valence-electron chi connectivity index (χ0n) is 19.1. The maximum absolute atomic E-state index is 13.8. The van der Waals surface area contributed by atoms with E-state index in [0.29, 0.717) is 11.1 Å². The molecule has 0 bridgehead atoms. The van der Waals surface area contributed by atoms with E-state index in [-0.39, 0.29) is 47.3 Å². The molecule has 0 saturated heterocycles. The summed E-state index contributed by atoms with van der Waals surface area (Å²) in [5.41, 5.74) is 2.32. The van der Waals surface area contributed by atoms with Crippen molar-refractivity contribution in [3.63, 3.8) is 0 Å². The Kier molecular flexibility index (Phi) is 8.16. The number of aryl methyl sites for hydroxylation is 2. The molecular weight excluding hydrogens is 499 g/mol. The number of ether oxygens (including phenoxy) is 2. The Morgan fingerprint density at radius 1 is 0.686 bits per heavy atom. The molecule has 0 aliphatic heterocycles. The molecular formula is C24H25FO8S2. The molecule has 0 atom stereocenters. The molecule has 188 valence electrons. The molecule has 0 saturated carbocycles. The molecule has 3 aromatic carbocycles. The monoisotopic (exact) mass is 524 g/mol. The highest BCUT2D eigenvalue weighted by Gasteiger charge is 2.17. The molecule has 0 aliphatic rings. The van der Waals surface area contributed by atoms with Crippen molar-refractivity contribution in [2.45, 2.75) is 36.5 Å². The first kappa shape index (κ1) is 26.6. The lowest BCUT2D eigenvalue weighted by atomic mass is 10.1. The molecule has 0 aliphatic carbocycles. The standard InChI is InChI=1S/C24H25FO8S2/c1-16-3-7-23(34(26,27)28)18(13-16)9-11-32-21-6-5-20(25)15-22(21)33-12-10-19-14-17(2)4-8-24(19)35(29,30)31/h3-8,13-15H,9-12H2,1-2H3,(H,26,27,28)(H,29,30,31). The van der Waals surface area contributed by atoms with E-state index in [0.717, 1.165) is 17.2 Å². The van der Waals surface area contributed by atoms with Crippen molar-refractivity contribution in [3.05, 3.63) is 82.7 Å². The van der Waals surface area contributed by atoms with Crippen LogP contribution in [0.3, 0.4) is 0 Å². The Labute approximate surface area is 203 Å². The smallest absolute Gasteiger partial charge is 0.294 e. The van der Waals surface area contributed by atoms with Crippen molar-refractivity contribution in [1.29, 1.82) is 0 Å². The SMILES string of the molecule is Cc1ccc(S(=O)(=O)O)c(CCOc2ccc(F)cc2OCCc2cc(C)ccc2S(=O)(=O)O)c1. The average molecular weight is 525 g/mol. The van der Waals surface area contributed by atoms with Crippen LogP contribution in [0.15, 0.2) is 64.4 Å². The number of rotatable bonds is 10. The molecule has 0 radical (unpaired) electrons. The van der Waals surface area contributed by atoms with Crippen molar-refractivity contribution in [3.8, 4) is 11.5 Å². The van der Waals surface area contributed by atoms with Crippen LogP contribution in [-0.4, -0.2) is 39.2 Å². The van der Waals surface area contributed by atoms with Crippen LogP contribution in [0.5, 0.6) is 11.5 Å². The van der Waals surface area contributed by atoms with Gasteiger partial charge in [0, 0.05) is 18.9 Å². The van der Waals surface area contributed by atoms with Crippen molar-refractivity contribution >= 4 is 20.2 Å². The quantitative estimate of drug-likeness (QED) is 0.378. The molecule has 0 spiro atoms. The Bertz CT molecular complexity index is 1430. The van der Waals surface area contributed by atoms with Crippen LogP contribution < -0.4 is 9.47 Å². The molecule has 0 fully saturated rings. The van der Waals surface area contributed by atoms with Gasteiger partial charge in [-0.3, -0.25) is 9.11 Å². The third-order valence-corrected chi connectivity index (χ3v) is 7.06. The third-order valence-electron chi connectivity index (χ3n) is 5.15. The number of benzene rings is 3. The maximum atomic E-state index is 13.8. The van der Waals surface area contributed by atoms with Gasteiger partial charge < -0.3 is 9.47 Å². The Morgan fingerprint density at radius 3 is 1.60 bits per heavy atom. The van der Waals surface area contributed by atoms with E-state index in [1.807, 2.05) is 0 Å². The highest BCUT2D eigenvalue weighted by molar-refractivity contribution is 7.86. The van der Waals surface area contributed by atoms with Gasteiger partial charge in [-0.2, -0.15) is 16.8 Å². The van der Waals surface area contributed by atoms with Crippen LogP contribution in [0.25, 0.3) is 0 Å². The summed E-state index contributed by atoms with van der Waals surface area (Å²) in [5.74, 6) is -0.300. The molecule has 3 rings (SSSR count). The Morgan fingerprint density at radius 2 is 1.14 bits per heavy atom. The van der Waals surface area contributed by atoms with E-state index in [9.17, 15) is 30.3 Å². The summed E-state index contributed by atoms with van der Waals surface area (Å²) < 4.78 is 90.6. The van der Waals surface area contributed by atoms with Gasteiger partial charge in [-0.05, 0) is 49.2 Å². The van der Waals surface area contributed by atoms with Crippen LogP contribution in [0.2, 0.25) is 0 Å².